The Balaban J connectivity index is 0.883. The molecule has 0 saturated carbocycles. The quantitative estimate of drug-likeness (QED) is 0.0396. The van der Waals surface area contributed by atoms with Gasteiger partial charge in [0, 0.05) is 73.0 Å². The van der Waals surface area contributed by atoms with Crippen molar-refractivity contribution in [1.29, 1.82) is 0 Å². The number of nitrogens with one attached hydrogen (secondary N) is 3. The number of ether oxygens (including phenoxy) is 3. The van der Waals surface area contributed by atoms with Crippen LogP contribution in [0.5, 0.6) is 5.75 Å². The van der Waals surface area contributed by atoms with Gasteiger partial charge in [0.2, 0.25) is 17.7 Å². The number of carboxylic acids is 1. The summed E-state index contributed by atoms with van der Waals surface area (Å²) in [5.41, 5.74) is 4.37. The van der Waals surface area contributed by atoms with Gasteiger partial charge in [-0.05, 0) is 88.0 Å². The molecule has 2 aromatic heterocycles. The van der Waals surface area contributed by atoms with E-state index < -0.39 is 83.3 Å². The predicted octanol–water partition coefficient (Wildman–Crippen LogP) is 8.20. The van der Waals surface area contributed by atoms with Gasteiger partial charge >= 0.3 is 5.97 Å². The second kappa shape index (κ2) is 24.2. The third-order valence-electron chi connectivity index (χ3n) is 13.5. The van der Waals surface area contributed by atoms with Crippen LogP contribution in [0.4, 0.5) is 13.2 Å². The van der Waals surface area contributed by atoms with Gasteiger partial charge in [0.25, 0.3) is 0 Å². The summed E-state index contributed by atoms with van der Waals surface area (Å²) in [6.07, 6.45) is 0.567. The lowest BCUT2D eigenvalue weighted by Gasteiger charge is -2.43. The molecule has 15 nitrogen and oxygen atoms in total. The minimum absolute atomic E-state index is 0.0357. The fourth-order valence-electron chi connectivity index (χ4n) is 9.97. The number of amides is 3. The van der Waals surface area contributed by atoms with Crippen molar-refractivity contribution in [1.82, 2.24) is 30.4 Å². The van der Waals surface area contributed by atoms with Crippen molar-refractivity contribution >= 4 is 45.9 Å². The number of aromatic amines is 1. The summed E-state index contributed by atoms with van der Waals surface area (Å²) >= 11 is 1.55. The average Bonchev–Trinajstić information content (AvgIpc) is 4.06. The number of hydrogen-bond acceptors (Lipinski definition) is 11. The number of β-amino-alcohol motifs (C(OH)–C–C–N with tert-alkyl or cyclic N) is 1. The van der Waals surface area contributed by atoms with Crippen LogP contribution >= 0.6 is 11.3 Å². The van der Waals surface area contributed by atoms with E-state index in [1.165, 1.54) is 18.7 Å². The fraction of sp³-hybridized carbons (Fsp3) is 0.509. The Morgan fingerprint density at radius 1 is 0.973 bits per heavy atom. The molecule has 6 atom stereocenters. The number of benzene rings is 3. The molecule has 5 aromatic rings. The number of aromatic nitrogens is 2. The summed E-state index contributed by atoms with van der Waals surface area (Å²) in [4.78, 5) is 64.1. The van der Waals surface area contributed by atoms with Gasteiger partial charge in [-0.15, -0.1) is 11.3 Å². The third kappa shape index (κ3) is 14.1. The van der Waals surface area contributed by atoms with Crippen LogP contribution in [-0.4, -0.2) is 129 Å². The highest BCUT2D eigenvalue weighted by atomic mass is 32.1. The van der Waals surface area contributed by atoms with Gasteiger partial charge in [-0.3, -0.25) is 19.3 Å². The smallest absolute Gasteiger partial charge is 0.329 e. The fourth-order valence-corrected chi connectivity index (χ4v) is 10.8. The van der Waals surface area contributed by atoms with E-state index in [9.17, 15) is 29.4 Å². The van der Waals surface area contributed by atoms with Crippen LogP contribution in [0.25, 0.3) is 21.3 Å². The van der Waals surface area contributed by atoms with E-state index in [1.54, 1.807) is 42.5 Å². The number of fused-ring (bicyclic) bond motifs is 3. The summed E-state index contributed by atoms with van der Waals surface area (Å²) in [6, 6.07) is 14.5. The van der Waals surface area contributed by atoms with E-state index in [4.69, 9.17) is 14.2 Å². The van der Waals surface area contributed by atoms with Crippen LogP contribution < -0.4 is 15.4 Å². The molecule has 74 heavy (non-hydrogen) atoms. The van der Waals surface area contributed by atoms with Crippen molar-refractivity contribution in [3.05, 3.63) is 106 Å². The zero-order valence-corrected chi connectivity index (χ0v) is 44.0. The van der Waals surface area contributed by atoms with E-state index in [2.05, 4.69) is 20.6 Å². The molecular weight excluding hydrogens is 978 g/mol. The molecule has 7 rings (SSSR count). The molecule has 0 radical (unpaired) electrons. The maximum absolute atomic E-state index is 16.2. The summed E-state index contributed by atoms with van der Waals surface area (Å²) in [7, 11) is 0. The number of hydrogen-bond donors (Lipinski definition) is 5. The summed E-state index contributed by atoms with van der Waals surface area (Å²) < 4.78 is 64.8. The monoisotopic (exact) mass is 1050 g/mol. The number of para-hydroxylation sites is 1. The van der Waals surface area contributed by atoms with Gasteiger partial charge in [0.15, 0.2) is 0 Å². The van der Waals surface area contributed by atoms with Gasteiger partial charge in [0.05, 0.1) is 40.9 Å². The highest BCUT2D eigenvalue weighted by Crippen LogP contribution is 2.44. The van der Waals surface area contributed by atoms with Crippen LogP contribution in [0.15, 0.2) is 66.2 Å². The van der Waals surface area contributed by atoms with Crippen LogP contribution in [-0.2, 0) is 41.6 Å². The molecule has 1 fully saturated rings. The molecule has 5 N–H and O–H groups in total. The molecule has 1 unspecified atom stereocenters. The average molecular weight is 1050 g/mol. The second-order valence-electron chi connectivity index (χ2n) is 21.2. The zero-order chi connectivity index (χ0) is 53.5. The molecule has 0 spiro atoms. The number of thiazole rings is 1. The van der Waals surface area contributed by atoms with Crippen molar-refractivity contribution in [2.24, 2.45) is 5.41 Å². The molecule has 4 heterocycles. The third-order valence-corrected chi connectivity index (χ3v) is 14.5. The molecule has 2 aliphatic rings. The van der Waals surface area contributed by atoms with Crippen molar-refractivity contribution in [3.8, 4) is 16.2 Å². The minimum Gasteiger partial charge on any atom is -0.493 e. The van der Waals surface area contributed by atoms with Crippen LogP contribution in [0.2, 0.25) is 0 Å². The molecule has 0 bridgehead atoms. The standard InChI is InChI=1S/C55H69F3N6O9S/c1-32-22-40-39-14-8-9-15-43(39)61-48(40)49(64(32)30-55(6,7)58)47-41(56)24-38(25-42(47)57)72-21-11-13-37(73-29-46(67)68)12-10-20-71-28-45(66)62-51(54(3,4)5)53(70)63-27-36(65)23-44(63)52(69)59-26-34-16-18-35(19-17-34)50-33(2)60-31-74-50/h8-9,14-19,24-25,31-32,36-37,44,49,51,61,65H,10-13,20-23,26-30H2,1-7H3,(H,59,69)(H,62,66)(H,67,68)/t32-,36-,37?,44+,49-,51-/m1/s1. The number of H-pyrrole nitrogens is 1. The van der Waals surface area contributed by atoms with E-state index in [0.717, 1.165) is 50.3 Å². The van der Waals surface area contributed by atoms with Crippen molar-refractivity contribution in [2.75, 3.05) is 39.5 Å². The Morgan fingerprint density at radius 3 is 2.31 bits per heavy atom. The summed E-state index contributed by atoms with van der Waals surface area (Å²) in [6.45, 7) is 11.4. The van der Waals surface area contributed by atoms with Gasteiger partial charge < -0.3 is 44.9 Å². The summed E-state index contributed by atoms with van der Waals surface area (Å²) in [5.74, 6) is -4.36. The van der Waals surface area contributed by atoms with Crippen LogP contribution in [0.1, 0.15) is 108 Å². The molecule has 0 aliphatic carbocycles. The first-order valence-corrected chi connectivity index (χ1v) is 26.1. The SMILES string of the molecule is Cc1ncsc1-c1ccc(CNC(=O)[C@@H]2C[C@@H](O)CN2C(=O)[C@@H](NC(=O)COCCCC(CCCOc2cc(F)c([C@@H]3c4[nH]c5ccccc5c4C[C@@H](C)N3CC(C)(C)F)c(F)c2)OCC(=O)O)C(C)(C)C)cc1. The van der Waals surface area contributed by atoms with E-state index in [0.29, 0.717) is 37.8 Å². The number of carbonyl (C=O) groups excluding carboxylic acids is 3. The van der Waals surface area contributed by atoms with E-state index in [1.807, 2.05) is 62.4 Å². The Kier molecular flexibility index (Phi) is 18.3. The van der Waals surface area contributed by atoms with Crippen molar-refractivity contribution < 1.29 is 56.8 Å². The van der Waals surface area contributed by atoms with Crippen molar-refractivity contribution in [2.45, 2.75) is 136 Å². The summed E-state index contributed by atoms with van der Waals surface area (Å²) in [5, 5.41) is 26.6. The molecule has 3 aromatic carbocycles. The maximum atomic E-state index is 16.2. The number of aliphatic carboxylic acids is 1. The normalized spacial score (nSPS) is 19.0. The van der Waals surface area contributed by atoms with E-state index in [-0.39, 0.29) is 63.2 Å². The number of likely N-dealkylation sites (tertiary alicyclic amines) is 1. The predicted molar refractivity (Wildman–Crippen MR) is 275 cm³/mol. The number of aliphatic hydroxyl groups is 1. The van der Waals surface area contributed by atoms with Crippen LogP contribution in [0.3, 0.4) is 0 Å². The molecular formula is C55H69F3N6O9S. The Bertz CT molecular complexity index is 2730. The molecule has 2 aliphatic heterocycles. The highest BCUT2D eigenvalue weighted by Gasteiger charge is 2.45. The molecule has 3 amide bonds. The Morgan fingerprint density at radius 2 is 1.66 bits per heavy atom. The Labute approximate surface area is 434 Å². The largest absolute Gasteiger partial charge is 0.493 e. The number of carbonyl (C=O) groups is 4. The lowest BCUT2D eigenvalue weighted by atomic mass is 9.85. The first-order chi connectivity index (χ1) is 35.1. The Hall–Kier alpha value is -5.86. The number of aliphatic hydroxyl groups excluding tert-OH is 1. The van der Waals surface area contributed by atoms with Gasteiger partial charge in [-0.25, -0.2) is 22.9 Å². The number of halogens is 3. The van der Waals surface area contributed by atoms with Gasteiger partial charge in [-0.1, -0.05) is 63.2 Å². The number of nitrogens with zero attached hydrogens (tertiary/aromatic N) is 3. The lowest BCUT2D eigenvalue weighted by Crippen LogP contribution is -2.58. The number of rotatable bonds is 23. The van der Waals surface area contributed by atoms with Crippen molar-refractivity contribution in [3.63, 3.8) is 0 Å². The second-order valence-corrected chi connectivity index (χ2v) is 22.0. The number of carboxylic acid groups (broad SMARTS) is 1. The number of aryl methyl sites for hydroxylation is 1. The topological polar surface area (TPSA) is 196 Å². The van der Waals surface area contributed by atoms with Crippen LogP contribution in [0, 0.1) is 24.0 Å². The molecule has 19 heteroatoms. The van der Waals surface area contributed by atoms with E-state index >= 15 is 13.2 Å². The molecule has 1 saturated heterocycles. The first-order valence-electron chi connectivity index (χ1n) is 25.2. The van der Waals surface area contributed by atoms with Gasteiger partial charge in [0.1, 0.15) is 48.4 Å². The first kappa shape index (κ1) is 55.9. The minimum atomic E-state index is -1.64. The highest BCUT2D eigenvalue weighted by molar-refractivity contribution is 7.13. The lowest BCUT2D eigenvalue weighted by molar-refractivity contribution is -0.145. The zero-order valence-electron chi connectivity index (χ0n) is 43.1. The molecule has 400 valence electrons. The number of alkyl halides is 1. The maximum Gasteiger partial charge on any atom is 0.329 e. The van der Waals surface area contributed by atoms with Gasteiger partial charge in [-0.2, -0.15) is 0 Å².